The number of nitrogens with zero attached hydrogens (tertiary/aromatic N) is 3. The summed E-state index contributed by atoms with van der Waals surface area (Å²) in [6.45, 7) is 4.72. The first-order chi connectivity index (χ1) is 13.7. The molecule has 0 unspecified atom stereocenters. The number of halogens is 1. The Hall–Kier alpha value is -2.26. The number of nitro groups is 1. The molecule has 0 radical (unpaired) electrons. The summed E-state index contributed by atoms with van der Waals surface area (Å²) in [5.41, 5.74) is 0.573. The van der Waals surface area contributed by atoms with E-state index in [-0.39, 0.29) is 53.6 Å². The minimum atomic E-state index is -3.86. The number of benzene rings is 1. The van der Waals surface area contributed by atoms with E-state index in [1.807, 2.05) is 19.9 Å². The van der Waals surface area contributed by atoms with Gasteiger partial charge in [0.1, 0.15) is 0 Å². The number of guanidine groups is 1. The van der Waals surface area contributed by atoms with Crippen molar-refractivity contribution in [1.29, 1.82) is 0 Å². The molecule has 0 amide bonds. The maximum absolute atomic E-state index is 12.3. The Morgan fingerprint density at radius 2 is 2.00 bits per heavy atom. The number of hydrogen-bond donors (Lipinski definition) is 3. The molecule has 11 nitrogen and oxygen atoms in total. The zero-order chi connectivity index (χ0) is 21.4. The zero-order valence-corrected chi connectivity index (χ0v) is 19.9. The quantitative estimate of drug-likeness (QED) is 0.107. The normalized spacial score (nSPS) is 11.8. The average Bonchev–Trinajstić information content (AvgIpc) is 3.17. The van der Waals surface area contributed by atoms with Crippen LogP contribution in [0, 0.1) is 10.1 Å². The summed E-state index contributed by atoms with van der Waals surface area (Å²) in [6.07, 6.45) is 0. The molecule has 3 N–H and O–H groups in total. The monoisotopic (exact) mass is 552 g/mol. The summed E-state index contributed by atoms with van der Waals surface area (Å²) in [6, 6.07) is 6.73. The predicted octanol–water partition coefficient (Wildman–Crippen LogP) is 1.97. The van der Waals surface area contributed by atoms with Crippen LogP contribution in [0.4, 0.5) is 5.69 Å². The standard InChI is InChI=1S/C17H24N6O5S.HI/c1-12(2)16-10-14(28-22-16)11-20-17(18-3)19-7-8-21-29(26,27)15-6-4-5-13(9-15)23(24)25;/h4-6,9-10,12,21H,7-8,11H2,1-3H3,(H2,18,19,20);1H. The lowest BCUT2D eigenvalue weighted by molar-refractivity contribution is -0.385. The van der Waals surface area contributed by atoms with E-state index < -0.39 is 14.9 Å². The van der Waals surface area contributed by atoms with Gasteiger partial charge in [-0.05, 0) is 12.0 Å². The van der Waals surface area contributed by atoms with E-state index in [1.54, 1.807) is 7.05 Å². The second kappa shape index (κ2) is 11.8. The summed E-state index contributed by atoms with van der Waals surface area (Å²) in [7, 11) is -2.27. The molecule has 13 heteroatoms. The van der Waals surface area contributed by atoms with Gasteiger partial charge in [0.2, 0.25) is 10.0 Å². The van der Waals surface area contributed by atoms with Crippen LogP contribution in [0.5, 0.6) is 0 Å². The van der Waals surface area contributed by atoms with Gasteiger partial charge in [0.05, 0.1) is 22.1 Å². The second-order valence-corrected chi connectivity index (χ2v) is 8.14. The Kier molecular flexibility index (Phi) is 10.1. The maximum Gasteiger partial charge on any atom is 0.270 e. The number of aromatic nitrogens is 1. The van der Waals surface area contributed by atoms with Crippen molar-refractivity contribution in [2.75, 3.05) is 20.1 Å². The summed E-state index contributed by atoms with van der Waals surface area (Å²) < 4.78 is 32.1. The van der Waals surface area contributed by atoms with E-state index in [1.165, 1.54) is 18.2 Å². The largest absolute Gasteiger partial charge is 0.359 e. The molecule has 0 spiro atoms. The first-order valence-electron chi connectivity index (χ1n) is 8.87. The van der Waals surface area contributed by atoms with Crippen molar-refractivity contribution in [1.82, 2.24) is 20.5 Å². The van der Waals surface area contributed by atoms with Gasteiger partial charge in [-0.25, -0.2) is 13.1 Å². The van der Waals surface area contributed by atoms with Crippen LogP contribution in [0.1, 0.15) is 31.2 Å². The number of non-ortho nitro benzene ring substituents is 1. The third-order valence-corrected chi connectivity index (χ3v) is 5.33. The molecule has 0 bridgehead atoms. The first-order valence-corrected chi connectivity index (χ1v) is 10.4. The topological polar surface area (TPSA) is 152 Å². The van der Waals surface area contributed by atoms with Gasteiger partial charge in [-0.15, -0.1) is 24.0 Å². The van der Waals surface area contributed by atoms with Crippen molar-refractivity contribution >= 4 is 45.6 Å². The summed E-state index contributed by atoms with van der Waals surface area (Å²) in [4.78, 5) is 14.0. The van der Waals surface area contributed by atoms with Gasteiger partial charge in [-0.3, -0.25) is 15.1 Å². The fourth-order valence-electron chi connectivity index (χ4n) is 2.29. The van der Waals surface area contributed by atoms with Gasteiger partial charge in [0, 0.05) is 38.3 Å². The fraction of sp³-hybridized carbons (Fsp3) is 0.412. The minimum absolute atomic E-state index is 0. The minimum Gasteiger partial charge on any atom is -0.359 e. The highest BCUT2D eigenvalue weighted by molar-refractivity contribution is 14.0. The number of nitro benzene ring substituents is 1. The highest BCUT2D eigenvalue weighted by Crippen LogP contribution is 2.17. The average molecular weight is 552 g/mol. The molecule has 2 rings (SSSR count). The molecule has 1 aromatic heterocycles. The van der Waals surface area contributed by atoms with Crippen LogP contribution >= 0.6 is 24.0 Å². The molecular formula is C17H25IN6O5S. The lowest BCUT2D eigenvalue weighted by Gasteiger charge is -2.11. The van der Waals surface area contributed by atoms with Crippen molar-refractivity contribution in [3.8, 4) is 0 Å². The van der Waals surface area contributed by atoms with E-state index >= 15 is 0 Å². The lowest BCUT2D eigenvalue weighted by Crippen LogP contribution is -2.41. The van der Waals surface area contributed by atoms with Gasteiger partial charge >= 0.3 is 0 Å². The molecule has 0 saturated heterocycles. The number of sulfonamides is 1. The van der Waals surface area contributed by atoms with Gasteiger partial charge < -0.3 is 15.2 Å². The molecule has 0 aliphatic carbocycles. The molecule has 0 fully saturated rings. The molecule has 30 heavy (non-hydrogen) atoms. The number of rotatable bonds is 9. The Morgan fingerprint density at radius 3 is 2.60 bits per heavy atom. The summed E-state index contributed by atoms with van der Waals surface area (Å²) >= 11 is 0. The third kappa shape index (κ3) is 7.53. The Morgan fingerprint density at radius 1 is 1.27 bits per heavy atom. The van der Waals surface area contributed by atoms with E-state index in [9.17, 15) is 18.5 Å². The Bertz CT molecular complexity index is 977. The van der Waals surface area contributed by atoms with Gasteiger partial charge in [0.25, 0.3) is 5.69 Å². The fourth-order valence-corrected chi connectivity index (χ4v) is 3.36. The molecule has 166 valence electrons. The summed E-state index contributed by atoms with van der Waals surface area (Å²) in [5.74, 6) is 1.38. The van der Waals surface area contributed by atoms with Crippen LogP contribution in [-0.2, 0) is 16.6 Å². The van der Waals surface area contributed by atoms with Crippen molar-refractivity contribution in [3.05, 3.63) is 51.9 Å². The molecule has 0 aliphatic heterocycles. The molecule has 2 aromatic rings. The molecule has 1 heterocycles. The van der Waals surface area contributed by atoms with E-state index in [0.29, 0.717) is 18.3 Å². The Labute approximate surface area is 191 Å². The highest BCUT2D eigenvalue weighted by Gasteiger charge is 2.17. The summed E-state index contributed by atoms with van der Waals surface area (Å²) in [5, 5.41) is 20.8. The van der Waals surface area contributed by atoms with Crippen LogP contribution in [0.3, 0.4) is 0 Å². The van der Waals surface area contributed by atoms with Crippen molar-refractivity contribution < 1.29 is 17.9 Å². The van der Waals surface area contributed by atoms with Crippen LogP contribution in [-0.4, -0.2) is 44.6 Å². The van der Waals surface area contributed by atoms with Crippen molar-refractivity contribution in [2.24, 2.45) is 4.99 Å². The smallest absolute Gasteiger partial charge is 0.270 e. The Balaban J connectivity index is 0.00000450. The SMILES string of the molecule is CN=C(NCCNS(=O)(=O)c1cccc([N+](=O)[O-])c1)NCc1cc(C(C)C)no1.I. The first kappa shape index (κ1) is 25.8. The molecule has 0 aliphatic rings. The maximum atomic E-state index is 12.3. The van der Waals surface area contributed by atoms with Gasteiger partial charge in [-0.2, -0.15) is 0 Å². The van der Waals surface area contributed by atoms with Crippen LogP contribution in [0.2, 0.25) is 0 Å². The van der Waals surface area contributed by atoms with Crippen LogP contribution in [0.25, 0.3) is 0 Å². The van der Waals surface area contributed by atoms with Crippen LogP contribution in [0.15, 0.2) is 44.7 Å². The molecule has 0 atom stereocenters. The highest BCUT2D eigenvalue weighted by atomic mass is 127. The second-order valence-electron chi connectivity index (χ2n) is 6.38. The van der Waals surface area contributed by atoms with Gasteiger partial charge in [-0.1, -0.05) is 25.1 Å². The number of nitrogens with one attached hydrogen (secondary N) is 3. The van der Waals surface area contributed by atoms with Crippen molar-refractivity contribution in [3.63, 3.8) is 0 Å². The lowest BCUT2D eigenvalue weighted by atomic mass is 10.1. The van der Waals surface area contributed by atoms with E-state index in [0.717, 1.165) is 11.8 Å². The van der Waals surface area contributed by atoms with Crippen LogP contribution < -0.4 is 15.4 Å². The predicted molar refractivity (Wildman–Crippen MR) is 122 cm³/mol. The number of aliphatic imine (C=N–C) groups is 1. The zero-order valence-electron chi connectivity index (χ0n) is 16.8. The number of hydrogen-bond acceptors (Lipinski definition) is 7. The molecular weight excluding hydrogens is 527 g/mol. The van der Waals surface area contributed by atoms with E-state index in [2.05, 4.69) is 25.5 Å². The van der Waals surface area contributed by atoms with Gasteiger partial charge in [0.15, 0.2) is 11.7 Å². The molecule has 1 aromatic carbocycles. The van der Waals surface area contributed by atoms with Crippen molar-refractivity contribution in [2.45, 2.75) is 31.2 Å². The molecule has 0 saturated carbocycles. The van der Waals surface area contributed by atoms with E-state index in [4.69, 9.17) is 4.52 Å². The third-order valence-electron chi connectivity index (χ3n) is 3.87.